The number of aryl methyl sites for hydroxylation is 1. The van der Waals surface area contributed by atoms with Crippen LogP contribution in [0.3, 0.4) is 0 Å². The summed E-state index contributed by atoms with van der Waals surface area (Å²) in [5.74, 6) is -2.47. The molecule has 0 radical (unpaired) electrons. The van der Waals surface area contributed by atoms with Crippen LogP contribution in [0.1, 0.15) is 25.7 Å². The van der Waals surface area contributed by atoms with Crippen LogP contribution in [0.15, 0.2) is 23.3 Å². The van der Waals surface area contributed by atoms with Gasteiger partial charge in [0.1, 0.15) is 10.7 Å². The van der Waals surface area contributed by atoms with Crippen LogP contribution in [0.4, 0.5) is 31.9 Å². The average Bonchev–Trinajstić information content (AvgIpc) is 3.71. The molecular formula is C25H26ClF2N7O3. The van der Waals surface area contributed by atoms with Crippen molar-refractivity contribution in [3.63, 3.8) is 0 Å². The largest absolute Gasteiger partial charge is 0.480 e. The van der Waals surface area contributed by atoms with Gasteiger partial charge in [-0.2, -0.15) is 4.98 Å². The van der Waals surface area contributed by atoms with Gasteiger partial charge in [0.25, 0.3) is 5.56 Å². The molecule has 3 aliphatic heterocycles. The molecule has 2 N–H and O–H groups in total. The van der Waals surface area contributed by atoms with Gasteiger partial charge in [-0.25, -0.2) is 18.7 Å². The number of ether oxygens (including phenoxy) is 2. The topological polar surface area (TPSA) is 106 Å². The molecule has 0 amide bonds. The number of hydrogen-bond acceptors (Lipinski definition) is 9. The smallest absolute Gasteiger partial charge is 0.301 e. The lowest BCUT2D eigenvalue weighted by molar-refractivity contribution is -0.0579. The van der Waals surface area contributed by atoms with Gasteiger partial charge in [0.15, 0.2) is 12.4 Å². The predicted octanol–water partition coefficient (Wildman–Crippen LogP) is 3.71. The van der Waals surface area contributed by atoms with Crippen LogP contribution in [-0.2, 0) is 11.8 Å². The number of alkyl halides is 2. The van der Waals surface area contributed by atoms with E-state index < -0.39 is 24.1 Å². The summed E-state index contributed by atoms with van der Waals surface area (Å²) < 4.78 is 42.2. The van der Waals surface area contributed by atoms with Crippen LogP contribution >= 0.6 is 11.6 Å². The van der Waals surface area contributed by atoms with E-state index in [-0.39, 0.29) is 29.4 Å². The molecule has 2 unspecified atom stereocenters. The SMILES string of the molecule is Cn1c(=O)c2c(c3cc(Nc4nc(N5C6CCC5COC6)ncc4Cl)cnc31)N[C@@H](C1CC1)C(F)(F)CO2. The van der Waals surface area contributed by atoms with Gasteiger partial charge in [-0.3, -0.25) is 9.36 Å². The second-order valence-corrected chi connectivity index (χ2v) is 10.9. The van der Waals surface area contributed by atoms with E-state index in [4.69, 9.17) is 26.1 Å². The number of morpholine rings is 1. The van der Waals surface area contributed by atoms with E-state index in [1.165, 1.54) is 4.57 Å². The van der Waals surface area contributed by atoms with E-state index >= 15 is 0 Å². The first-order valence-corrected chi connectivity index (χ1v) is 13.1. The molecule has 3 aromatic rings. The van der Waals surface area contributed by atoms with Crippen LogP contribution < -0.4 is 25.8 Å². The van der Waals surface area contributed by atoms with Gasteiger partial charge < -0.3 is 25.0 Å². The predicted molar refractivity (Wildman–Crippen MR) is 138 cm³/mol. The number of rotatable bonds is 4. The first kappa shape index (κ1) is 23.8. The van der Waals surface area contributed by atoms with Gasteiger partial charge in [-0.1, -0.05) is 11.6 Å². The summed E-state index contributed by atoms with van der Waals surface area (Å²) >= 11 is 6.45. The fourth-order valence-corrected chi connectivity index (χ4v) is 5.94. The van der Waals surface area contributed by atoms with Gasteiger partial charge in [0.2, 0.25) is 11.7 Å². The summed E-state index contributed by atoms with van der Waals surface area (Å²) in [4.78, 5) is 28.8. The Kier molecular flexibility index (Phi) is 5.42. The molecule has 38 heavy (non-hydrogen) atoms. The maximum Gasteiger partial charge on any atom is 0.301 e. The molecule has 7 rings (SSSR count). The maximum atomic E-state index is 14.9. The quantitative estimate of drug-likeness (QED) is 0.507. The first-order valence-electron chi connectivity index (χ1n) is 12.8. The van der Waals surface area contributed by atoms with E-state index in [0.717, 1.165) is 12.8 Å². The second kappa shape index (κ2) is 8.63. The highest BCUT2D eigenvalue weighted by Crippen LogP contribution is 2.45. The Bertz CT molecular complexity index is 1480. The van der Waals surface area contributed by atoms with Crippen molar-refractivity contribution in [2.24, 2.45) is 13.0 Å². The number of nitrogens with one attached hydrogen (secondary N) is 2. The van der Waals surface area contributed by atoms with Gasteiger partial charge in [-0.05, 0) is 37.7 Å². The molecule has 3 aromatic heterocycles. The van der Waals surface area contributed by atoms with Crippen molar-refractivity contribution in [2.45, 2.75) is 49.7 Å². The number of nitrogens with zero attached hydrogens (tertiary/aromatic N) is 5. The summed E-state index contributed by atoms with van der Waals surface area (Å²) in [6.45, 7) is 0.419. The third kappa shape index (κ3) is 3.84. The zero-order valence-corrected chi connectivity index (χ0v) is 21.3. The number of pyridine rings is 2. The third-order valence-corrected chi connectivity index (χ3v) is 8.18. The summed E-state index contributed by atoms with van der Waals surface area (Å²) in [5, 5.41) is 6.97. The highest BCUT2D eigenvalue weighted by Gasteiger charge is 2.51. The molecule has 1 aliphatic carbocycles. The van der Waals surface area contributed by atoms with Gasteiger partial charge in [0, 0.05) is 12.4 Å². The Hall–Kier alpha value is -3.25. The Balaban J connectivity index is 1.28. The minimum atomic E-state index is -3.12. The number of aromatic nitrogens is 4. The minimum Gasteiger partial charge on any atom is -0.480 e. The van der Waals surface area contributed by atoms with E-state index in [1.807, 2.05) is 0 Å². The van der Waals surface area contributed by atoms with Crippen molar-refractivity contribution in [3.05, 3.63) is 33.8 Å². The van der Waals surface area contributed by atoms with Crippen LogP contribution in [0.25, 0.3) is 11.0 Å². The van der Waals surface area contributed by atoms with E-state index in [9.17, 15) is 13.6 Å². The maximum absolute atomic E-state index is 14.9. The Morgan fingerprint density at radius 3 is 2.66 bits per heavy atom. The molecule has 3 atom stereocenters. The normalized spacial score (nSPS) is 25.9. The Morgan fingerprint density at radius 2 is 1.92 bits per heavy atom. The number of anilines is 4. The molecule has 13 heteroatoms. The molecule has 6 heterocycles. The van der Waals surface area contributed by atoms with E-state index in [1.54, 1.807) is 25.5 Å². The molecule has 10 nitrogen and oxygen atoms in total. The minimum absolute atomic E-state index is 0.132. The zero-order valence-electron chi connectivity index (χ0n) is 20.6. The van der Waals surface area contributed by atoms with Crippen molar-refractivity contribution in [1.29, 1.82) is 0 Å². The van der Waals surface area contributed by atoms with Crippen molar-refractivity contribution < 1.29 is 18.3 Å². The molecular weight excluding hydrogens is 520 g/mol. The fraction of sp³-hybridized carbons (Fsp3) is 0.520. The van der Waals surface area contributed by atoms with E-state index in [2.05, 4.69) is 25.5 Å². The molecule has 2 saturated heterocycles. The lowest BCUT2D eigenvalue weighted by Gasteiger charge is -2.34. The molecule has 2 bridgehead atoms. The van der Waals surface area contributed by atoms with Crippen LogP contribution in [0.5, 0.6) is 5.75 Å². The van der Waals surface area contributed by atoms with Gasteiger partial charge >= 0.3 is 5.92 Å². The third-order valence-electron chi connectivity index (χ3n) is 7.90. The zero-order chi connectivity index (χ0) is 26.2. The first-order chi connectivity index (χ1) is 18.3. The van der Waals surface area contributed by atoms with Crippen molar-refractivity contribution in [1.82, 2.24) is 19.5 Å². The Labute approximate surface area is 221 Å². The summed E-state index contributed by atoms with van der Waals surface area (Å²) in [5.41, 5.74) is 0.571. The molecule has 0 aromatic carbocycles. The molecule has 4 aliphatic rings. The molecule has 3 fully saturated rings. The second-order valence-electron chi connectivity index (χ2n) is 10.5. The number of halogens is 3. The standard InChI is InChI=1S/C25H26ClF2N7O3/c1-34-22-16(18-19(23(34)36)38-11-25(27,28)20(32-18)12-2-3-12)6-13(7-29-22)31-21-17(26)8-30-24(33-21)35-14-4-5-15(35)10-37-9-14/h6-8,12,14-15,20,32H,2-5,9-11H2,1H3,(H,30,31,33)/t14?,15?,20-/m0/s1. The monoisotopic (exact) mass is 545 g/mol. The van der Waals surface area contributed by atoms with Gasteiger partial charge in [-0.15, -0.1) is 0 Å². The highest BCUT2D eigenvalue weighted by molar-refractivity contribution is 6.32. The van der Waals surface area contributed by atoms with Crippen molar-refractivity contribution in [3.8, 4) is 5.75 Å². The number of hydrogen-bond donors (Lipinski definition) is 2. The molecule has 200 valence electrons. The summed E-state index contributed by atoms with van der Waals surface area (Å²) in [6.07, 6.45) is 6.56. The fourth-order valence-electron chi connectivity index (χ4n) is 5.81. The van der Waals surface area contributed by atoms with Crippen LogP contribution in [0, 0.1) is 5.92 Å². The summed E-state index contributed by atoms with van der Waals surface area (Å²) in [6, 6.07) is 1.07. The van der Waals surface area contributed by atoms with Crippen LogP contribution in [-0.4, -0.2) is 63.4 Å². The van der Waals surface area contributed by atoms with Crippen molar-refractivity contribution >= 4 is 45.8 Å². The molecule has 1 saturated carbocycles. The average molecular weight is 546 g/mol. The molecule has 0 spiro atoms. The van der Waals surface area contributed by atoms with Crippen LogP contribution in [0.2, 0.25) is 5.02 Å². The van der Waals surface area contributed by atoms with Gasteiger partial charge in [0.05, 0.1) is 55.1 Å². The van der Waals surface area contributed by atoms with E-state index in [0.29, 0.717) is 59.6 Å². The summed E-state index contributed by atoms with van der Waals surface area (Å²) in [7, 11) is 1.54. The van der Waals surface area contributed by atoms with Crippen molar-refractivity contribution in [2.75, 3.05) is 35.4 Å². The number of fused-ring (bicyclic) bond motifs is 5. The lowest BCUT2D eigenvalue weighted by Crippen LogP contribution is -2.46. The Morgan fingerprint density at radius 1 is 1.16 bits per heavy atom. The lowest BCUT2D eigenvalue weighted by atomic mass is 10.1. The highest BCUT2D eigenvalue weighted by atomic mass is 35.5.